The van der Waals surface area contributed by atoms with E-state index in [1.165, 1.54) is 51.9 Å². The summed E-state index contributed by atoms with van der Waals surface area (Å²) < 4.78 is 11.9. The van der Waals surface area contributed by atoms with Crippen molar-refractivity contribution in [3.8, 4) is 0 Å². The van der Waals surface area contributed by atoms with Crippen LogP contribution in [0.1, 0.15) is 171 Å². The molecule has 6 saturated carbocycles. The average molecular weight is 788 g/mol. The molecule has 0 spiro atoms. The molecule has 6 heteroatoms. The lowest BCUT2D eigenvalue weighted by molar-refractivity contribution is -0.149. The van der Waals surface area contributed by atoms with E-state index in [0.29, 0.717) is 47.3 Å². The van der Waals surface area contributed by atoms with Gasteiger partial charge in [-0.1, -0.05) is 85.1 Å². The molecule has 0 aliphatic heterocycles. The lowest BCUT2D eigenvalue weighted by atomic mass is 9.47. The largest absolute Gasteiger partial charge is 0.462 e. The molecule has 0 heterocycles. The molecular formula is C51H81NO5. The first-order valence-corrected chi connectivity index (χ1v) is 24.1. The number of hydrogen-bond acceptors (Lipinski definition) is 6. The van der Waals surface area contributed by atoms with E-state index in [2.05, 4.69) is 72.4 Å². The van der Waals surface area contributed by atoms with Gasteiger partial charge in [0.05, 0.1) is 12.7 Å². The summed E-state index contributed by atoms with van der Waals surface area (Å²) in [5.41, 5.74) is 4.04. The van der Waals surface area contributed by atoms with E-state index in [1.54, 1.807) is 11.1 Å². The summed E-state index contributed by atoms with van der Waals surface area (Å²) in [5, 5.41) is 0. The monoisotopic (exact) mass is 788 g/mol. The maximum Gasteiger partial charge on any atom is 0.302 e. The van der Waals surface area contributed by atoms with Crippen LogP contribution >= 0.6 is 0 Å². The van der Waals surface area contributed by atoms with Gasteiger partial charge in [-0.05, 0) is 154 Å². The average Bonchev–Trinajstić information content (AvgIpc) is 3.68. The summed E-state index contributed by atoms with van der Waals surface area (Å²) in [6, 6.07) is 0. The fourth-order valence-electron chi connectivity index (χ4n) is 15.8. The molecule has 0 bridgehead atoms. The van der Waals surface area contributed by atoms with Crippen LogP contribution in [0.4, 0.5) is 0 Å². The summed E-state index contributed by atoms with van der Waals surface area (Å²) in [5.74, 6) is 6.07. The number of fused-ring (bicyclic) bond motifs is 10. The van der Waals surface area contributed by atoms with E-state index in [1.807, 2.05) is 0 Å². The van der Waals surface area contributed by atoms with Crippen LogP contribution < -0.4 is 0 Å². The standard InChI is InChI=1S/C26H40O3.C25H41NO2/c1-6-17-14-22-20-9-8-18-15-19(29-16(3)27)10-12-25(18,4)21(20)11-13-26(22,5)24(17)23(28)7-2;1-5-26(6-2)15-16-28-19-11-13-24(3)18(17-19)7-8-20-21-9-10-23(27)25(21,4)14-12-22(20)24/h8,17,19-22,24H,6-7,9-15H2,1-5H3;7,19-22H,5-6,8-17H2,1-4H3/t17-,19+,20?,21?,22?,24-,25+,26+;19?,20?,21?,22?,24-,25-/m10/s1. The quantitative estimate of drug-likeness (QED) is 0.162. The van der Waals surface area contributed by atoms with Crippen molar-refractivity contribution in [1.82, 2.24) is 4.90 Å². The molecule has 0 aromatic rings. The van der Waals surface area contributed by atoms with Gasteiger partial charge in [0, 0.05) is 44.1 Å². The van der Waals surface area contributed by atoms with Crippen molar-refractivity contribution in [2.45, 2.75) is 184 Å². The molecule has 7 unspecified atom stereocenters. The van der Waals surface area contributed by atoms with E-state index in [0.717, 1.165) is 108 Å². The number of likely N-dealkylation sites (N-methyl/N-ethyl adjacent to an activating group) is 1. The van der Waals surface area contributed by atoms with Crippen LogP contribution in [0.5, 0.6) is 0 Å². The number of ketones is 2. The summed E-state index contributed by atoms with van der Waals surface area (Å²) in [6.07, 6.45) is 24.5. The summed E-state index contributed by atoms with van der Waals surface area (Å²) >= 11 is 0. The first-order chi connectivity index (χ1) is 27.2. The predicted molar refractivity (Wildman–Crippen MR) is 229 cm³/mol. The van der Waals surface area contributed by atoms with E-state index >= 15 is 0 Å². The smallest absolute Gasteiger partial charge is 0.302 e. The Morgan fingerprint density at radius 2 is 1.30 bits per heavy atom. The summed E-state index contributed by atoms with van der Waals surface area (Å²) in [7, 11) is 0. The maximum absolute atomic E-state index is 13.0. The van der Waals surface area contributed by atoms with Crippen LogP contribution in [0.25, 0.3) is 0 Å². The second-order valence-electron chi connectivity index (χ2n) is 21.4. The third-order valence-electron chi connectivity index (χ3n) is 19.2. The SMILES string of the molecule is CCC(=O)[C@H]1[C@H](CC)CC2C3CC=C4C[C@@H](OC(C)=O)CC[C@]4(C)C3CC[C@@]21C.CCN(CC)CCOC1CC[C@@]2(C)C(=CCC3C2CC[C@]2(C)C(=O)CCC32)C1. The van der Waals surface area contributed by atoms with Gasteiger partial charge in [-0.2, -0.15) is 0 Å². The number of ether oxygens (including phenoxy) is 2. The topological polar surface area (TPSA) is 72.9 Å². The molecule has 0 aromatic heterocycles. The first kappa shape index (κ1) is 43.3. The van der Waals surface area contributed by atoms with Crippen LogP contribution in [0.15, 0.2) is 23.3 Å². The Hall–Kier alpha value is -1.79. The summed E-state index contributed by atoms with van der Waals surface area (Å²) in [6.45, 7) is 24.2. The van der Waals surface area contributed by atoms with Gasteiger partial charge >= 0.3 is 5.97 Å². The number of hydrogen-bond donors (Lipinski definition) is 0. The number of rotatable bonds is 10. The van der Waals surface area contributed by atoms with Crippen molar-refractivity contribution in [2.75, 3.05) is 26.2 Å². The lowest BCUT2D eigenvalue weighted by Crippen LogP contribution is -2.51. The highest BCUT2D eigenvalue weighted by molar-refractivity contribution is 5.87. The van der Waals surface area contributed by atoms with Crippen LogP contribution in [0, 0.1) is 69.0 Å². The normalized spacial score (nSPS) is 44.5. The van der Waals surface area contributed by atoms with E-state index < -0.39 is 0 Å². The van der Waals surface area contributed by atoms with Gasteiger partial charge in [0.15, 0.2) is 0 Å². The minimum Gasteiger partial charge on any atom is -0.462 e. The van der Waals surface area contributed by atoms with Gasteiger partial charge in [-0.3, -0.25) is 14.4 Å². The minimum absolute atomic E-state index is 0.00634. The number of carbonyl (C=O) groups is 3. The van der Waals surface area contributed by atoms with Gasteiger partial charge in [0.2, 0.25) is 0 Å². The molecule has 0 amide bonds. The molecule has 6 nitrogen and oxygen atoms in total. The highest BCUT2D eigenvalue weighted by Crippen LogP contribution is 2.68. The fourth-order valence-corrected chi connectivity index (χ4v) is 15.8. The van der Waals surface area contributed by atoms with Gasteiger partial charge in [0.1, 0.15) is 17.7 Å². The van der Waals surface area contributed by atoms with Crippen LogP contribution in [0.3, 0.4) is 0 Å². The maximum atomic E-state index is 13.0. The molecule has 0 aromatic carbocycles. The van der Waals surface area contributed by atoms with Crippen LogP contribution in [-0.2, 0) is 23.9 Å². The third-order valence-corrected chi connectivity index (χ3v) is 19.2. The Bertz CT molecular complexity index is 1560. The number of nitrogens with zero attached hydrogens (tertiary/aromatic N) is 1. The van der Waals surface area contributed by atoms with Crippen molar-refractivity contribution in [1.29, 1.82) is 0 Å². The Labute approximate surface area is 347 Å². The minimum atomic E-state index is -0.149. The Balaban J connectivity index is 0.000000174. The van der Waals surface area contributed by atoms with Crippen molar-refractivity contribution in [3.63, 3.8) is 0 Å². The highest BCUT2D eigenvalue weighted by Gasteiger charge is 2.62. The van der Waals surface area contributed by atoms with Gasteiger partial charge in [0.25, 0.3) is 0 Å². The zero-order valence-corrected chi connectivity index (χ0v) is 37.8. The molecule has 8 rings (SSSR count). The van der Waals surface area contributed by atoms with Crippen LogP contribution in [0.2, 0.25) is 0 Å². The molecule has 0 radical (unpaired) electrons. The predicted octanol–water partition coefficient (Wildman–Crippen LogP) is 11.4. The number of esters is 1. The Morgan fingerprint density at radius 1 is 0.737 bits per heavy atom. The molecular weight excluding hydrogens is 707 g/mol. The summed E-state index contributed by atoms with van der Waals surface area (Å²) in [4.78, 5) is 39.4. The lowest BCUT2D eigenvalue weighted by Gasteiger charge is -2.58. The first-order valence-electron chi connectivity index (χ1n) is 24.1. The van der Waals surface area contributed by atoms with Crippen molar-refractivity contribution in [2.24, 2.45) is 69.0 Å². The second-order valence-corrected chi connectivity index (χ2v) is 21.4. The zero-order valence-electron chi connectivity index (χ0n) is 37.8. The molecule has 8 aliphatic rings. The zero-order chi connectivity index (χ0) is 40.9. The van der Waals surface area contributed by atoms with Crippen molar-refractivity contribution < 1.29 is 23.9 Å². The molecule has 0 N–H and O–H groups in total. The van der Waals surface area contributed by atoms with Gasteiger partial charge < -0.3 is 14.4 Å². The van der Waals surface area contributed by atoms with Crippen molar-refractivity contribution >= 4 is 17.5 Å². The van der Waals surface area contributed by atoms with E-state index in [4.69, 9.17) is 9.47 Å². The fraction of sp³-hybridized carbons (Fsp3) is 0.863. The molecule has 14 atom stereocenters. The second kappa shape index (κ2) is 16.9. The molecule has 6 fully saturated rings. The van der Waals surface area contributed by atoms with Gasteiger partial charge in [-0.15, -0.1) is 0 Å². The van der Waals surface area contributed by atoms with E-state index in [9.17, 15) is 14.4 Å². The molecule has 8 aliphatic carbocycles. The number of Topliss-reactive ketones (excluding diaryl/α,β-unsaturated/α-hetero) is 2. The molecule has 57 heavy (non-hydrogen) atoms. The highest BCUT2D eigenvalue weighted by atomic mass is 16.5. The Kier molecular flexibility index (Phi) is 12.9. The molecule has 0 saturated heterocycles. The van der Waals surface area contributed by atoms with Crippen molar-refractivity contribution in [3.05, 3.63) is 23.3 Å². The number of allylic oxidation sites excluding steroid dienone is 2. The van der Waals surface area contributed by atoms with Gasteiger partial charge in [-0.25, -0.2) is 0 Å². The number of carbonyl (C=O) groups excluding carboxylic acids is 3. The Morgan fingerprint density at radius 3 is 1.89 bits per heavy atom. The van der Waals surface area contributed by atoms with Crippen LogP contribution in [-0.4, -0.2) is 60.9 Å². The third kappa shape index (κ3) is 7.63. The van der Waals surface area contributed by atoms with E-state index in [-0.39, 0.29) is 34.2 Å². The molecule has 320 valence electrons.